The summed E-state index contributed by atoms with van der Waals surface area (Å²) in [6.45, 7) is 1.71. The summed E-state index contributed by atoms with van der Waals surface area (Å²) in [5.41, 5.74) is 2.74. The van der Waals surface area contributed by atoms with E-state index in [-0.39, 0.29) is 18.1 Å². The molecule has 0 spiro atoms. The highest BCUT2D eigenvalue weighted by Gasteiger charge is 2.20. The van der Waals surface area contributed by atoms with Crippen molar-refractivity contribution < 1.29 is 18.8 Å². The summed E-state index contributed by atoms with van der Waals surface area (Å²) >= 11 is 5.86. The molecule has 2 N–H and O–H groups in total. The minimum Gasteiger partial charge on any atom is -0.387 e. The van der Waals surface area contributed by atoms with Gasteiger partial charge in [-0.25, -0.2) is 9.37 Å². The number of nitrogens with zero attached hydrogens (tertiary/aromatic N) is 2. The van der Waals surface area contributed by atoms with Gasteiger partial charge in [0, 0.05) is 17.1 Å². The van der Waals surface area contributed by atoms with E-state index in [2.05, 4.69) is 15.5 Å². The van der Waals surface area contributed by atoms with Gasteiger partial charge in [-0.3, -0.25) is 4.79 Å². The summed E-state index contributed by atoms with van der Waals surface area (Å²) in [7, 11) is 0. The molecule has 0 saturated heterocycles. The molecule has 0 fully saturated rings. The van der Waals surface area contributed by atoms with Crippen molar-refractivity contribution in [1.82, 2.24) is 15.5 Å². The first-order valence-corrected chi connectivity index (χ1v) is 9.55. The van der Waals surface area contributed by atoms with Crippen LogP contribution in [0.1, 0.15) is 27.7 Å². The molecule has 2 heterocycles. The number of carbonyl (C=O) groups is 1. The number of aryl methyl sites for hydroxylation is 1. The Labute approximate surface area is 176 Å². The maximum atomic E-state index is 13.3. The van der Waals surface area contributed by atoms with Crippen molar-refractivity contribution in [3.63, 3.8) is 0 Å². The molecule has 1 unspecified atom stereocenters. The molecule has 152 valence electrons. The summed E-state index contributed by atoms with van der Waals surface area (Å²) < 4.78 is 18.5. The summed E-state index contributed by atoms with van der Waals surface area (Å²) in [5.74, 6) is -0.783. The van der Waals surface area contributed by atoms with Crippen LogP contribution in [0, 0.1) is 12.7 Å². The van der Waals surface area contributed by atoms with Crippen molar-refractivity contribution >= 4 is 28.6 Å². The molecule has 4 aromatic rings. The largest absolute Gasteiger partial charge is 0.387 e. The van der Waals surface area contributed by atoms with Crippen LogP contribution in [0.5, 0.6) is 0 Å². The van der Waals surface area contributed by atoms with Gasteiger partial charge in [0.2, 0.25) is 0 Å². The van der Waals surface area contributed by atoms with Crippen LogP contribution in [-0.4, -0.2) is 27.7 Å². The fourth-order valence-electron chi connectivity index (χ4n) is 3.13. The molecule has 30 heavy (non-hydrogen) atoms. The van der Waals surface area contributed by atoms with Gasteiger partial charge in [-0.05, 0) is 55.0 Å². The Kier molecular flexibility index (Phi) is 5.48. The number of pyridine rings is 1. The zero-order chi connectivity index (χ0) is 21.3. The summed E-state index contributed by atoms with van der Waals surface area (Å²) in [6.07, 6.45) is -0.899. The highest BCUT2D eigenvalue weighted by atomic mass is 35.5. The van der Waals surface area contributed by atoms with Crippen molar-refractivity contribution in [2.24, 2.45) is 0 Å². The summed E-state index contributed by atoms with van der Waals surface area (Å²) in [5, 5.41) is 18.0. The van der Waals surface area contributed by atoms with Crippen LogP contribution in [0.2, 0.25) is 5.02 Å². The number of benzene rings is 2. The molecule has 8 heteroatoms. The molecule has 0 saturated carbocycles. The highest BCUT2D eigenvalue weighted by Crippen LogP contribution is 2.27. The van der Waals surface area contributed by atoms with E-state index in [1.807, 2.05) is 0 Å². The average Bonchev–Trinajstić information content (AvgIpc) is 3.13. The molecular weight excluding hydrogens is 409 g/mol. The van der Waals surface area contributed by atoms with Crippen molar-refractivity contribution in [3.8, 4) is 11.3 Å². The Morgan fingerprint density at radius 2 is 1.90 bits per heavy atom. The number of halogens is 2. The molecule has 0 bridgehead atoms. The highest BCUT2D eigenvalue weighted by molar-refractivity contribution is 6.30. The quantitative estimate of drug-likeness (QED) is 0.493. The third-order valence-corrected chi connectivity index (χ3v) is 4.96. The zero-order valence-corrected chi connectivity index (χ0v) is 16.7. The fourth-order valence-corrected chi connectivity index (χ4v) is 3.26. The molecule has 0 aliphatic rings. The van der Waals surface area contributed by atoms with Crippen molar-refractivity contribution in [2.45, 2.75) is 13.0 Å². The van der Waals surface area contributed by atoms with Crippen LogP contribution < -0.4 is 5.32 Å². The standard InChI is InChI=1S/C22H17ClFN3O3/c1-12-20-17(21(29)25-11-19(28)14-2-6-15(23)7-3-14)10-18(26-22(20)30-27-12)13-4-8-16(24)9-5-13/h2-10,19,28H,11H2,1H3,(H,25,29). The van der Waals surface area contributed by atoms with Crippen LogP contribution in [0.25, 0.3) is 22.4 Å². The van der Waals surface area contributed by atoms with Crippen molar-refractivity contribution in [2.75, 3.05) is 6.54 Å². The SMILES string of the molecule is Cc1noc2nc(-c3ccc(F)cc3)cc(C(=O)NCC(O)c3ccc(Cl)cc3)c12. The normalized spacial score (nSPS) is 12.1. The number of aromatic nitrogens is 2. The van der Waals surface area contributed by atoms with E-state index < -0.39 is 12.0 Å². The monoisotopic (exact) mass is 425 g/mol. The fraction of sp³-hybridized carbons (Fsp3) is 0.136. The minimum absolute atomic E-state index is 0.000487. The summed E-state index contributed by atoms with van der Waals surface area (Å²) in [4.78, 5) is 17.3. The van der Waals surface area contributed by atoms with Gasteiger partial charge in [0.15, 0.2) is 0 Å². The van der Waals surface area contributed by atoms with Crippen LogP contribution in [0.15, 0.2) is 59.1 Å². The number of hydrogen-bond donors (Lipinski definition) is 2. The molecule has 2 aromatic heterocycles. The molecule has 6 nitrogen and oxygen atoms in total. The molecule has 1 amide bonds. The lowest BCUT2D eigenvalue weighted by Crippen LogP contribution is -2.28. The Balaban J connectivity index is 1.63. The van der Waals surface area contributed by atoms with Crippen LogP contribution in [-0.2, 0) is 0 Å². The van der Waals surface area contributed by atoms with Crippen LogP contribution in [0.3, 0.4) is 0 Å². The Morgan fingerprint density at radius 1 is 1.20 bits per heavy atom. The van der Waals surface area contributed by atoms with Crippen LogP contribution in [0.4, 0.5) is 4.39 Å². The third-order valence-electron chi connectivity index (χ3n) is 4.71. The smallest absolute Gasteiger partial charge is 0.259 e. The molecule has 0 aliphatic heterocycles. The number of rotatable bonds is 5. The van der Waals surface area contributed by atoms with Gasteiger partial charge in [0.1, 0.15) is 5.82 Å². The number of aliphatic hydroxyl groups excluding tert-OH is 1. The predicted octanol–water partition coefficient (Wildman–Crippen LogP) is 4.45. The van der Waals surface area contributed by atoms with Gasteiger partial charge in [0.25, 0.3) is 11.6 Å². The van der Waals surface area contributed by atoms with E-state index in [1.165, 1.54) is 12.1 Å². The van der Waals surface area contributed by atoms with E-state index in [0.29, 0.717) is 38.5 Å². The predicted molar refractivity (Wildman–Crippen MR) is 111 cm³/mol. The Hall–Kier alpha value is -3.29. The number of nitrogens with one attached hydrogen (secondary N) is 1. The second kappa shape index (κ2) is 8.22. The van der Waals surface area contributed by atoms with E-state index >= 15 is 0 Å². The molecule has 4 rings (SSSR count). The lowest BCUT2D eigenvalue weighted by molar-refractivity contribution is 0.0918. The third kappa shape index (κ3) is 4.03. The lowest BCUT2D eigenvalue weighted by Gasteiger charge is -2.13. The zero-order valence-electron chi connectivity index (χ0n) is 15.9. The van der Waals surface area contributed by atoms with Gasteiger partial charge in [0.05, 0.1) is 28.4 Å². The lowest BCUT2D eigenvalue weighted by atomic mass is 10.0. The van der Waals surface area contributed by atoms with E-state index in [9.17, 15) is 14.3 Å². The van der Waals surface area contributed by atoms with Gasteiger partial charge in [-0.15, -0.1) is 0 Å². The maximum Gasteiger partial charge on any atom is 0.259 e. The molecule has 1 atom stereocenters. The number of aliphatic hydroxyl groups is 1. The number of amides is 1. The number of hydrogen-bond acceptors (Lipinski definition) is 5. The maximum absolute atomic E-state index is 13.3. The Morgan fingerprint density at radius 3 is 2.60 bits per heavy atom. The van der Waals surface area contributed by atoms with E-state index in [4.69, 9.17) is 16.1 Å². The molecular formula is C22H17ClFN3O3. The second-order valence-corrected chi connectivity index (χ2v) is 7.22. The van der Waals surface area contributed by atoms with Gasteiger partial charge in [-0.1, -0.05) is 28.9 Å². The first-order chi connectivity index (χ1) is 14.4. The van der Waals surface area contributed by atoms with Crippen LogP contribution >= 0.6 is 11.6 Å². The molecule has 2 aromatic carbocycles. The molecule has 0 radical (unpaired) electrons. The van der Waals surface area contributed by atoms with Gasteiger partial charge in [-0.2, -0.15) is 0 Å². The topological polar surface area (TPSA) is 88.2 Å². The van der Waals surface area contributed by atoms with Crippen molar-refractivity contribution in [1.29, 1.82) is 0 Å². The van der Waals surface area contributed by atoms with Gasteiger partial charge >= 0.3 is 0 Å². The average molecular weight is 426 g/mol. The Bertz CT molecular complexity index is 1210. The van der Waals surface area contributed by atoms with Gasteiger partial charge < -0.3 is 14.9 Å². The summed E-state index contributed by atoms with van der Waals surface area (Å²) in [6, 6.07) is 14.1. The first-order valence-electron chi connectivity index (χ1n) is 9.17. The number of fused-ring (bicyclic) bond motifs is 1. The second-order valence-electron chi connectivity index (χ2n) is 6.79. The number of carbonyl (C=O) groups excluding carboxylic acids is 1. The van der Waals surface area contributed by atoms with Crippen molar-refractivity contribution in [3.05, 3.63) is 82.3 Å². The van der Waals surface area contributed by atoms with E-state index in [1.54, 1.807) is 49.4 Å². The minimum atomic E-state index is -0.899. The van der Waals surface area contributed by atoms with E-state index in [0.717, 1.165) is 0 Å². The first kappa shape index (κ1) is 20.0. The molecule has 0 aliphatic carbocycles.